The van der Waals surface area contributed by atoms with Gasteiger partial charge in [0.2, 0.25) is 0 Å². The highest BCUT2D eigenvalue weighted by Gasteiger charge is 2.24. The van der Waals surface area contributed by atoms with Crippen LogP contribution in [0.1, 0.15) is 28.5 Å². The van der Waals surface area contributed by atoms with E-state index < -0.39 is 0 Å². The first kappa shape index (κ1) is 19.8. The molecule has 0 aliphatic carbocycles. The molecular weight excluding hydrogens is 425 g/mol. The molecule has 0 atom stereocenters. The number of anilines is 1. The van der Waals surface area contributed by atoms with E-state index in [0.717, 1.165) is 27.9 Å². The van der Waals surface area contributed by atoms with Gasteiger partial charge in [0, 0.05) is 11.2 Å². The standard InChI is InChI=1S/C22H17Cl2N3OS/c1-2-14-6-5-8-19-20(14)26-22(29-19)27(13-16-7-3-4-11-25-16)21(28)17-12-15(23)9-10-18(17)24/h3-12H,2,13H2,1H3. The number of fused-ring (bicyclic) bond motifs is 1. The van der Waals surface area contributed by atoms with E-state index in [1.165, 1.54) is 11.3 Å². The largest absolute Gasteiger partial charge is 0.278 e. The first-order valence-corrected chi connectivity index (χ1v) is 10.7. The quantitative estimate of drug-likeness (QED) is 0.359. The molecule has 4 nitrogen and oxygen atoms in total. The molecule has 0 fully saturated rings. The van der Waals surface area contributed by atoms with Crippen LogP contribution in [0.5, 0.6) is 0 Å². The molecule has 4 rings (SSSR count). The lowest BCUT2D eigenvalue weighted by Crippen LogP contribution is -2.31. The molecule has 2 heterocycles. The molecule has 0 saturated heterocycles. The smallest absolute Gasteiger partial charge is 0.262 e. The number of para-hydroxylation sites is 1. The molecule has 0 radical (unpaired) electrons. The number of pyridine rings is 1. The Morgan fingerprint density at radius 3 is 2.72 bits per heavy atom. The van der Waals surface area contributed by atoms with E-state index in [1.54, 1.807) is 29.3 Å². The highest BCUT2D eigenvalue weighted by atomic mass is 35.5. The summed E-state index contributed by atoms with van der Waals surface area (Å²) in [4.78, 5) is 24.3. The molecule has 7 heteroatoms. The van der Waals surface area contributed by atoms with Gasteiger partial charge >= 0.3 is 0 Å². The number of halogens is 2. The lowest BCUT2D eigenvalue weighted by Gasteiger charge is -2.20. The minimum Gasteiger partial charge on any atom is -0.278 e. The van der Waals surface area contributed by atoms with Gasteiger partial charge in [-0.1, -0.05) is 59.7 Å². The summed E-state index contributed by atoms with van der Waals surface area (Å²) < 4.78 is 1.04. The molecule has 2 aromatic heterocycles. The molecular formula is C22H17Cl2N3OS. The Morgan fingerprint density at radius 1 is 1.10 bits per heavy atom. The van der Waals surface area contributed by atoms with Crippen LogP contribution in [0.25, 0.3) is 10.2 Å². The van der Waals surface area contributed by atoms with Crippen LogP contribution >= 0.6 is 34.5 Å². The van der Waals surface area contributed by atoms with Crippen molar-refractivity contribution in [2.45, 2.75) is 19.9 Å². The van der Waals surface area contributed by atoms with E-state index in [9.17, 15) is 4.79 Å². The predicted molar refractivity (Wildman–Crippen MR) is 120 cm³/mol. The normalized spacial score (nSPS) is 11.0. The van der Waals surface area contributed by atoms with Gasteiger partial charge in [0.05, 0.1) is 33.0 Å². The van der Waals surface area contributed by atoms with Crippen molar-refractivity contribution in [1.29, 1.82) is 0 Å². The van der Waals surface area contributed by atoms with Crippen LogP contribution in [0, 0.1) is 0 Å². The Balaban J connectivity index is 1.82. The van der Waals surface area contributed by atoms with Crippen LogP contribution in [0.4, 0.5) is 5.13 Å². The van der Waals surface area contributed by atoms with Gasteiger partial charge in [-0.3, -0.25) is 14.7 Å². The van der Waals surface area contributed by atoms with Crippen molar-refractivity contribution in [3.63, 3.8) is 0 Å². The third kappa shape index (κ3) is 4.13. The molecule has 0 bridgehead atoms. The summed E-state index contributed by atoms with van der Waals surface area (Å²) in [6.45, 7) is 2.38. The Hall–Kier alpha value is -2.47. The third-order valence-corrected chi connectivity index (χ3v) is 6.16. The summed E-state index contributed by atoms with van der Waals surface area (Å²) in [6, 6.07) is 16.6. The molecule has 0 spiro atoms. The van der Waals surface area contributed by atoms with Crippen molar-refractivity contribution >= 4 is 55.8 Å². The minimum absolute atomic E-state index is 0.264. The number of hydrogen-bond acceptors (Lipinski definition) is 4. The van der Waals surface area contributed by atoms with E-state index in [2.05, 4.69) is 18.0 Å². The fraction of sp³-hybridized carbons (Fsp3) is 0.136. The summed E-state index contributed by atoms with van der Waals surface area (Å²) in [5.74, 6) is -0.264. The Labute approximate surface area is 182 Å². The molecule has 2 aromatic carbocycles. The van der Waals surface area contributed by atoms with Crippen molar-refractivity contribution in [1.82, 2.24) is 9.97 Å². The summed E-state index contributed by atoms with van der Waals surface area (Å²) >= 11 is 13.9. The number of amides is 1. The van der Waals surface area contributed by atoms with Crippen LogP contribution in [-0.2, 0) is 13.0 Å². The SMILES string of the molecule is CCc1cccc2sc(N(Cc3ccccn3)C(=O)c3cc(Cl)ccc3Cl)nc12. The molecule has 0 aliphatic rings. The molecule has 29 heavy (non-hydrogen) atoms. The Morgan fingerprint density at radius 2 is 1.97 bits per heavy atom. The fourth-order valence-electron chi connectivity index (χ4n) is 3.08. The number of benzene rings is 2. The van der Waals surface area contributed by atoms with E-state index in [1.807, 2.05) is 30.3 Å². The van der Waals surface area contributed by atoms with Gasteiger partial charge in [-0.2, -0.15) is 0 Å². The molecule has 0 saturated carbocycles. The molecule has 0 N–H and O–H groups in total. The number of rotatable bonds is 5. The third-order valence-electron chi connectivity index (χ3n) is 4.55. The maximum absolute atomic E-state index is 13.5. The van der Waals surface area contributed by atoms with E-state index in [4.69, 9.17) is 28.2 Å². The summed E-state index contributed by atoms with van der Waals surface area (Å²) in [5, 5.41) is 1.40. The van der Waals surface area contributed by atoms with E-state index in [-0.39, 0.29) is 12.5 Å². The van der Waals surface area contributed by atoms with Crippen LogP contribution in [0.15, 0.2) is 60.8 Å². The van der Waals surface area contributed by atoms with Crippen molar-refractivity contribution in [3.8, 4) is 0 Å². The minimum atomic E-state index is -0.264. The van der Waals surface area contributed by atoms with Gasteiger partial charge in [-0.25, -0.2) is 4.98 Å². The highest BCUT2D eigenvalue weighted by Crippen LogP contribution is 2.33. The monoisotopic (exact) mass is 441 g/mol. The lowest BCUT2D eigenvalue weighted by atomic mass is 10.1. The zero-order valence-electron chi connectivity index (χ0n) is 15.6. The second-order valence-electron chi connectivity index (χ2n) is 6.45. The zero-order valence-corrected chi connectivity index (χ0v) is 17.9. The lowest BCUT2D eigenvalue weighted by molar-refractivity contribution is 0.0985. The maximum Gasteiger partial charge on any atom is 0.262 e. The van der Waals surface area contributed by atoms with Crippen molar-refractivity contribution in [2.75, 3.05) is 4.90 Å². The number of carbonyl (C=O) groups excluding carboxylic acids is 1. The van der Waals surface area contributed by atoms with Gasteiger partial charge in [0.25, 0.3) is 5.91 Å². The number of hydrogen-bond donors (Lipinski definition) is 0. The maximum atomic E-state index is 13.5. The number of nitrogens with zero attached hydrogens (tertiary/aromatic N) is 3. The first-order valence-electron chi connectivity index (χ1n) is 9.12. The van der Waals surface area contributed by atoms with Crippen molar-refractivity contribution < 1.29 is 4.79 Å². The number of thiazole rings is 1. The molecule has 4 aromatic rings. The van der Waals surface area contributed by atoms with Gasteiger partial charge in [0.1, 0.15) is 0 Å². The number of aromatic nitrogens is 2. The second kappa shape index (κ2) is 8.49. The molecule has 0 aliphatic heterocycles. The Kier molecular flexibility index (Phi) is 5.81. The van der Waals surface area contributed by atoms with E-state index >= 15 is 0 Å². The predicted octanol–water partition coefficient (Wildman–Crippen LogP) is 6.41. The van der Waals surface area contributed by atoms with Crippen LogP contribution in [0.3, 0.4) is 0 Å². The van der Waals surface area contributed by atoms with Crippen LogP contribution < -0.4 is 4.90 Å². The first-order chi connectivity index (χ1) is 14.1. The van der Waals surface area contributed by atoms with Crippen molar-refractivity contribution in [3.05, 3.63) is 87.7 Å². The van der Waals surface area contributed by atoms with Gasteiger partial charge in [0.15, 0.2) is 5.13 Å². The number of carbonyl (C=O) groups is 1. The molecule has 146 valence electrons. The average Bonchev–Trinajstić information content (AvgIpc) is 3.18. The van der Waals surface area contributed by atoms with Gasteiger partial charge < -0.3 is 0 Å². The highest BCUT2D eigenvalue weighted by molar-refractivity contribution is 7.22. The summed E-state index contributed by atoms with van der Waals surface area (Å²) in [5.41, 5.74) is 3.17. The molecule has 1 amide bonds. The number of aryl methyl sites for hydroxylation is 1. The summed E-state index contributed by atoms with van der Waals surface area (Å²) in [6.07, 6.45) is 2.58. The van der Waals surface area contributed by atoms with Gasteiger partial charge in [-0.15, -0.1) is 0 Å². The van der Waals surface area contributed by atoms with Crippen LogP contribution in [0.2, 0.25) is 10.0 Å². The average molecular weight is 442 g/mol. The fourth-order valence-corrected chi connectivity index (χ4v) is 4.46. The van der Waals surface area contributed by atoms with Crippen molar-refractivity contribution in [2.24, 2.45) is 0 Å². The molecule has 0 unspecified atom stereocenters. The van der Waals surface area contributed by atoms with Crippen LogP contribution in [-0.4, -0.2) is 15.9 Å². The van der Waals surface area contributed by atoms with E-state index in [0.29, 0.717) is 20.7 Å². The van der Waals surface area contributed by atoms with Gasteiger partial charge in [-0.05, 0) is 48.4 Å². The summed E-state index contributed by atoms with van der Waals surface area (Å²) in [7, 11) is 0. The Bertz CT molecular complexity index is 1180. The zero-order chi connectivity index (χ0) is 20.4. The second-order valence-corrected chi connectivity index (χ2v) is 8.30. The topological polar surface area (TPSA) is 46.1 Å².